The lowest BCUT2D eigenvalue weighted by molar-refractivity contribution is -0.124. The fourth-order valence-electron chi connectivity index (χ4n) is 1.38. The molecule has 18 heavy (non-hydrogen) atoms. The minimum atomic E-state index is -0.0868. The number of hydrogen-bond acceptors (Lipinski definition) is 4. The maximum atomic E-state index is 11.6. The molecule has 5 nitrogen and oxygen atoms in total. The molecule has 1 rings (SSSR count). The van der Waals surface area contributed by atoms with Gasteiger partial charge in [0.25, 0.3) is 0 Å². The lowest BCUT2D eigenvalue weighted by Gasteiger charge is -2.18. The molecule has 0 saturated heterocycles. The van der Waals surface area contributed by atoms with Crippen LogP contribution in [0, 0.1) is 0 Å². The topological polar surface area (TPSA) is 57.3 Å². The van der Waals surface area contributed by atoms with Gasteiger partial charge in [-0.2, -0.15) is 0 Å². The molecule has 0 aliphatic heterocycles. The lowest BCUT2D eigenvalue weighted by Crippen LogP contribution is -2.41. The van der Waals surface area contributed by atoms with E-state index in [2.05, 4.69) is 15.6 Å². The van der Waals surface area contributed by atoms with Gasteiger partial charge in [0, 0.05) is 25.5 Å². The highest BCUT2D eigenvalue weighted by molar-refractivity contribution is 5.81. The predicted octanol–water partition coefficient (Wildman–Crippen LogP) is 0.950. The third kappa shape index (κ3) is 5.14. The van der Waals surface area contributed by atoms with Crippen molar-refractivity contribution in [3.63, 3.8) is 0 Å². The standard InChI is InChI=1S/C13H22N4O/c1-11(17(2)3)13(18)16-9-5-8-15-12-6-4-7-14-10-12/h4,6-7,10-11,15H,5,8-9H2,1-3H3,(H,16,18). The van der Waals surface area contributed by atoms with Gasteiger partial charge in [-0.3, -0.25) is 14.7 Å². The van der Waals surface area contributed by atoms with E-state index in [1.165, 1.54) is 0 Å². The third-order valence-electron chi connectivity index (χ3n) is 2.80. The molecule has 0 aromatic carbocycles. The van der Waals surface area contributed by atoms with E-state index in [1.54, 1.807) is 12.4 Å². The average molecular weight is 250 g/mol. The molecule has 0 bridgehead atoms. The van der Waals surface area contributed by atoms with Gasteiger partial charge in [-0.1, -0.05) is 0 Å². The Morgan fingerprint density at radius 3 is 2.83 bits per heavy atom. The van der Waals surface area contributed by atoms with Crippen molar-refractivity contribution in [2.75, 3.05) is 32.5 Å². The van der Waals surface area contributed by atoms with Crippen molar-refractivity contribution in [3.8, 4) is 0 Å². The highest BCUT2D eigenvalue weighted by Gasteiger charge is 2.13. The smallest absolute Gasteiger partial charge is 0.237 e. The normalized spacial score (nSPS) is 12.2. The second-order valence-electron chi connectivity index (χ2n) is 4.45. The monoisotopic (exact) mass is 250 g/mol. The minimum absolute atomic E-state index is 0.0707. The number of amides is 1. The molecule has 0 radical (unpaired) electrons. The van der Waals surface area contributed by atoms with E-state index >= 15 is 0 Å². The Labute approximate surface area is 109 Å². The van der Waals surface area contributed by atoms with Crippen LogP contribution in [0.25, 0.3) is 0 Å². The van der Waals surface area contributed by atoms with Crippen LogP contribution in [0.4, 0.5) is 5.69 Å². The molecule has 1 amide bonds. The zero-order chi connectivity index (χ0) is 13.4. The second-order valence-corrected chi connectivity index (χ2v) is 4.45. The summed E-state index contributed by atoms with van der Waals surface area (Å²) in [6, 6.07) is 3.78. The number of aromatic nitrogens is 1. The molecular formula is C13H22N4O. The van der Waals surface area contributed by atoms with Crippen LogP contribution in [0.15, 0.2) is 24.5 Å². The first-order valence-corrected chi connectivity index (χ1v) is 6.19. The summed E-state index contributed by atoms with van der Waals surface area (Å²) in [5, 5.41) is 6.16. The van der Waals surface area contributed by atoms with Crippen molar-refractivity contribution in [3.05, 3.63) is 24.5 Å². The molecule has 2 N–H and O–H groups in total. The zero-order valence-corrected chi connectivity index (χ0v) is 11.3. The fourth-order valence-corrected chi connectivity index (χ4v) is 1.38. The molecule has 1 aromatic rings. The Bertz CT molecular complexity index is 353. The SMILES string of the molecule is CC(C(=O)NCCCNc1cccnc1)N(C)C. The Morgan fingerprint density at radius 2 is 2.22 bits per heavy atom. The van der Waals surface area contributed by atoms with Crippen LogP contribution < -0.4 is 10.6 Å². The number of rotatable bonds is 7. The third-order valence-corrected chi connectivity index (χ3v) is 2.80. The summed E-state index contributed by atoms with van der Waals surface area (Å²) >= 11 is 0. The first kappa shape index (κ1) is 14.4. The number of hydrogen-bond donors (Lipinski definition) is 2. The molecule has 0 aliphatic carbocycles. The van der Waals surface area contributed by atoms with Gasteiger partial charge in [0.05, 0.1) is 11.7 Å². The van der Waals surface area contributed by atoms with E-state index in [0.29, 0.717) is 6.54 Å². The molecular weight excluding hydrogens is 228 g/mol. The van der Waals surface area contributed by atoms with Crippen LogP contribution in [0.1, 0.15) is 13.3 Å². The van der Waals surface area contributed by atoms with E-state index in [-0.39, 0.29) is 11.9 Å². The molecule has 5 heteroatoms. The number of pyridine rings is 1. The number of carbonyl (C=O) groups is 1. The van der Waals surface area contributed by atoms with Gasteiger partial charge in [0.1, 0.15) is 0 Å². The molecule has 1 aromatic heterocycles. The Balaban J connectivity index is 2.11. The summed E-state index contributed by atoms with van der Waals surface area (Å²) in [5.41, 5.74) is 1.01. The van der Waals surface area contributed by atoms with E-state index in [4.69, 9.17) is 0 Å². The summed E-state index contributed by atoms with van der Waals surface area (Å²) < 4.78 is 0. The number of nitrogens with zero attached hydrogens (tertiary/aromatic N) is 2. The summed E-state index contributed by atoms with van der Waals surface area (Å²) in [7, 11) is 3.79. The molecule has 100 valence electrons. The van der Waals surface area contributed by atoms with Gasteiger partial charge in [0.2, 0.25) is 5.91 Å². The Hall–Kier alpha value is -1.62. The molecule has 0 fully saturated rings. The minimum Gasteiger partial charge on any atom is -0.384 e. The van der Waals surface area contributed by atoms with Gasteiger partial charge >= 0.3 is 0 Å². The van der Waals surface area contributed by atoms with Gasteiger partial charge in [-0.15, -0.1) is 0 Å². The summed E-state index contributed by atoms with van der Waals surface area (Å²) in [4.78, 5) is 17.5. The number of anilines is 1. The van der Waals surface area contributed by atoms with Gasteiger partial charge < -0.3 is 10.6 Å². The lowest BCUT2D eigenvalue weighted by atomic mass is 10.3. The van der Waals surface area contributed by atoms with Crippen LogP contribution >= 0.6 is 0 Å². The van der Waals surface area contributed by atoms with Crippen LogP contribution in [0.5, 0.6) is 0 Å². The van der Waals surface area contributed by atoms with E-state index in [9.17, 15) is 4.79 Å². The zero-order valence-electron chi connectivity index (χ0n) is 11.3. The van der Waals surface area contributed by atoms with Crippen LogP contribution in [-0.4, -0.2) is 49.0 Å². The van der Waals surface area contributed by atoms with Gasteiger partial charge in [-0.05, 0) is 39.6 Å². The number of nitrogens with one attached hydrogen (secondary N) is 2. The maximum Gasteiger partial charge on any atom is 0.237 e. The molecule has 1 heterocycles. The molecule has 0 aliphatic rings. The summed E-state index contributed by atoms with van der Waals surface area (Å²) in [5.74, 6) is 0.0707. The van der Waals surface area contributed by atoms with E-state index in [1.807, 2.05) is 38.1 Å². The molecule has 1 atom stereocenters. The van der Waals surface area contributed by atoms with E-state index in [0.717, 1.165) is 18.7 Å². The van der Waals surface area contributed by atoms with E-state index < -0.39 is 0 Å². The van der Waals surface area contributed by atoms with Crippen LogP contribution in [0.2, 0.25) is 0 Å². The molecule has 1 unspecified atom stereocenters. The summed E-state index contributed by atoms with van der Waals surface area (Å²) in [6.07, 6.45) is 4.42. The van der Waals surface area contributed by atoms with Crippen LogP contribution in [-0.2, 0) is 4.79 Å². The maximum absolute atomic E-state index is 11.6. The number of likely N-dealkylation sites (N-methyl/N-ethyl adjacent to an activating group) is 1. The first-order valence-electron chi connectivity index (χ1n) is 6.19. The fraction of sp³-hybridized carbons (Fsp3) is 0.538. The van der Waals surface area contributed by atoms with Crippen molar-refractivity contribution < 1.29 is 4.79 Å². The highest BCUT2D eigenvalue weighted by Crippen LogP contribution is 2.01. The van der Waals surface area contributed by atoms with Gasteiger partial charge in [-0.25, -0.2) is 0 Å². The van der Waals surface area contributed by atoms with Crippen molar-refractivity contribution in [1.82, 2.24) is 15.2 Å². The van der Waals surface area contributed by atoms with Crippen molar-refractivity contribution >= 4 is 11.6 Å². The predicted molar refractivity (Wildman–Crippen MR) is 73.5 cm³/mol. The van der Waals surface area contributed by atoms with Crippen molar-refractivity contribution in [1.29, 1.82) is 0 Å². The Morgan fingerprint density at radius 1 is 1.44 bits per heavy atom. The summed E-state index contributed by atoms with van der Waals surface area (Å²) in [6.45, 7) is 3.40. The first-order chi connectivity index (χ1) is 8.61. The van der Waals surface area contributed by atoms with Crippen molar-refractivity contribution in [2.24, 2.45) is 0 Å². The second kappa shape index (κ2) is 7.66. The van der Waals surface area contributed by atoms with Crippen molar-refractivity contribution in [2.45, 2.75) is 19.4 Å². The molecule has 0 saturated carbocycles. The highest BCUT2D eigenvalue weighted by atomic mass is 16.2. The number of carbonyl (C=O) groups excluding carboxylic acids is 1. The van der Waals surface area contributed by atoms with Crippen LogP contribution in [0.3, 0.4) is 0 Å². The molecule has 0 spiro atoms. The quantitative estimate of drug-likeness (QED) is 0.707. The average Bonchev–Trinajstić information content (AvgIpc) is 2.38. The van der Waals surface area contributed by atoms with Gasteiger partial charge in [0.15, 0.2) is 0 Å². The Kier molecular flexibility index (Phi) is 6.14. The largest absolute Gasteiger partial charge is 0.384 e.